The molecule has 3 unspecified atom stereocenters. The van der Waals surface area contributed by atoms with Crippen molar-refractivity contribution >= 4 is 82.7 Å². The summed E-state index contributed by atoms with van der Waals surface area (Å²) in [6.07, 6.45) is 1.42. The summed E-state index contributed by atoms with van der Waals surface area (Å²) in [5.41, 5.74) is 4.65. The quantitative estimate of drug-likeness (QED) is 0.0812. The first-order chi connectivity index (χ1) is 50.1. The molecular weight excluding hydrogens is 1380 g/mol. The van der Waals surface area contributed by atoms with Gasteiger partial charge in [-0.25, -0.2) is 0 Å². The number of hydrogen-bond acceptors (Lipinski definition) is 20. The lowest BCUT2D eigenvalue weighted by atomic mass is 9.82. The molecule has 14 amide bonds. The minimum Gasteiger partial charge on any atom is -0.393 e. The zero-order valence-corrected chi connectivity index (χ0v) is 63.2. The molecule has 6 rings (SSSR count). The lowest BCUT2D eigenvalue weighted by molar-refractivity contribution is -0.144. The number of fused-ring (bicyclic) bond motifs is 2. The summed E-state index contributed by atoms with van der Waals surface area (Å²) >= 11 is 0. The van der Waals surface area contributed by atoms with Gasteiger partial charge in [0.25, 0.3) is 0 Å². The average Bonchev–Trinajstić information content (AvgIpc) is 1.54. The van der Waals surface area contributed by atoms with Crippen LogP contribution in [-0.2, 0) is 67.1 Å². The van der Waals surface area contributed by atoms with E-state index in [1.807, 2.05) is 0 Å². The Balaban J connectivity index is 1.34. The third-order valence-corrected chi connectivity index (χ3v) is 21.5. The number of carbonyl (C=O) groups is 14. The van der Waals surface area contributed by atoms with E-state index in [0.29, 0.717) is 77.2 Å². The highest BCUT2D eigenvalue weighted by Crippen LogP contribution is 2.34. The van der Waals surface area contributed by atoms with E-state index in [2.05, 4.69) is 74.4 Å². The molecule has 0 radical (unpaired) electrons. The van der Waals surface area contributed by atoms with Crippen molar-refractivity contribution in [3.63, 3.8) is 0 Å². The van der Waals surface area contributed by atoms with Gasteiger partial charge in [-0.2, -0.15) is 0 Å². The van der Waals surface area contributed by atoms with Crippen LogP contribution in [0.4, 0.5) is 0 Å². The monoisotopic (exact) mass is 1500 g/mol. The lowest BCUT2D eigenvalue weighted by Crippen LogP contribution is -2.62. The summed E-state index contributed by atoms with van der Waals surface area (Å²) in [5.74, 6) is -12.1. The normalized spacial score (nSPS) is 33.7. The van der Waals surface area contributed by atoms with Crippen LogP contribution in [0.25, 0.3) is 0 Å². The van der Waals surface area contributed by atoms with E-state index in [4.69, 9.17) is 5.73 Å². The van der Waals surface area contributed by atoms with Gasteiger partial charge in [0.1, 0.15) is 72.5 Å². The van der Waals surface area contributed by atoms with Crippen molar-refractivity contribution in [2.45, 2.75) is 313 Å². The van der Waals surface area contributed by atoms with Crippen LogP contribution in [0, 0.1) is 29.1 Å². The topological polar surface area (TPSA) is 518 Å². The van der Waals surface area contributed by atoms with Crippen molar-refractivity contribution in [1.29, 1.82) is 0 Å². The van der Waals surface area contributed by atoms with Crippen LogP contribution < -0.4 is 80.2 Å². The zero-order chi connectivity index (χ0) is 78.3. The van der Waals surface area contributed by atoms with Crippen LogP contribution in [0.15, 0.2) is 0 Å². The molecule has 6 aliphatic rings. The second kappa shape index (κ2) is 41.6. The molecule has 34 heteroatoms. The van der Waals surface area contributed by atoms with Gasteiger partial charge in [-0.15, -0.1) is 0 Å². The molecule has 106 heavy (non-hydrogen) atoms. The summed E-state index contributed by atoms with van der Waals surface area (Å²) in [5, 5.41) is 82.0. The van der Waals surface area contributed by atoms with E-state index < -0.39 is 185 Å². The Hall–Kier alpha value is -7.66. The van der Waals surface area contributed by atoms with Crippen LogP contribution in [-0.4, -0.2) is 237 Å². The third kappa shape index (κ3) is 26.3. The Morgan fingerprint density at radius 2 is 1.04 bits per heavy atom. The Labute approximate surface area is 621 Å². The fraction of sp³-hybridized carbons (Fsp3) is 0.806. The van der Waals surface area contributed by atoms with Gasteiger partial charge in [-0.05, 0) is 191 Å². The highest BCUT2D eigenvalue weighted by Gasteiger charge is 2.46. The number of carbonyl (C=O) groups excluding carboxylic acids is 14. The first kappa shape index (κ1) is 87.3. The van der Waals surface area contributed by atoms with Gasteiger partial charge in [-0.1, -0.05) is 47.5 Å². The molecule has 4 heterocycles. The molecule has 598 valence electrons. The fourth-order valence-corrected chi connectivity index (χ4v) is 15.3. The lowest BCUT2D eigenvalue weighted by Gasteiger charge is -2.36. The number of amides is 14. The molecule has 0 bridgehead atoms. The predicted molar refractivity (Wildman–Crippen MR) is 386 cm³/mol. The van der Waals surface area contributed by atoms with E-state index in [1.165, 1.54) is 25.7 Å². The van der Waals surface area contributed by atoms with Crippen molar-refractivity contribution in [2.24, 2.45) is 34.8 Å². The van der Waals surface area contributed by atoms with Crippen LogP contribution in [0.1, 0.15) is 210 Å². The molecular formula is C72H122N16O18. The van der Waals surface area contributed by atoms with Crippen LogP contribution in [0.5, 0.6) is 0 Å². The van der Waals surface area contributed by atoms with E-state index in [1.54, 1.807) is 34.6 Å². The van der Waals surface area contributed by atoms with Crippen LogP contribution >= 0.6 is 0 Å². The molecule has 0 spiro atoms. The smallest absolute Gasteiger partial charge is 0.245 e. The maximum atomic E-state index is 15.2. The zero-order valence-electron chi connectivity index (χ0n) is 63.2. The number of nitrogens with zero attached hydrogens (tertiary/aromatic N) is 1. The highest BCUT2D eigenvalue weighted by molar-refractivity contribution is 6.00. The highest BCUT2D eigenvalue weighted by atomic mass is 16.3. The Bertz CT molecular complexity index is 3050. The maximum absolute atomic E-state index is 15.2. The first-order valence-electron chi connectivity index (χ1n) is 38.4. The largest absolute Gasteiger partial charge is 0.393 e. The molecule has 4 saturated heterocycles. The van der Waals surface area contributed by atoms with Crippen LogP contribution in [0.3, 0.4) is 0 Å². The second-order valence-electron chi connectivity index (χ2n) is 31.3. The Morgan fingerprint density at radius 3 is 1.58 bits per heavy atom. The molecule has 6 fully saturated rings. The molecule has 4 aliphatic heterocycles. The molecule has 0 aromatic rings. The van der Waals surface area contributed by atoms with Crippen molar-refractivity contribution in [3.05, 3.63) is 0 Å². The predicted octanol–water partition coefficient (Wildman–Crippen LogP) is -3.25. The summed E-state index contributed by atoms with van der Waals surface area (Å²) in [6, 6.07) is -16.9. The Kier molecular flexibility index (Phi) is 34.3. The Morgan fingerprint density at radius 1 is 0.538 bits per heavy atom. The molecule has 2 aliphatic carbocycles. The summed E-state index contributed by atoms with van der Waals surface area (Å²) in [6.45, 7) is 14.6. The van der Waals surface area contributed by atoms with Gasteiger partial charge >= 0.3 is 0 Å². The number of aliphatic hydroxyl groups excluding tert-OH is 4. The molecule has 20 N–H and O–H groups in total. The number of primary amides is 1. The van der Waals surface area contributed by atoms with E-state index in [-0.39, 0.29) is 107 Å². The molecule has 2 saturated carbocycles. The van der Waals surface area contributed by atoms with Crippen molar-refractivity contribution in [2.75, 3.05) is 26.2 Å². The van der Waals surface area contributed by atoms with Crippen molar-refractivity contribution in [3.8, 4) is 0 Å². The molecule has 0 aromatic carbocycles. The number of nitrogens with one attached hydrogen (secondary N) is 14. The average molecular weight is 1500 g/mol. The summed E-state index contributed by atoms with van der Waals surface area (Å²) < 4.78 is 0. The minimum absolute atomic E-state index is 0.00173. The third-order valence-electron chi connectivity index (χ3n) is 21.5. The molecule has 34 nitrogen and oxygen atoms in total. The number of nitrogens with two attached hydrogens (primary N) is 1. The molecule has 0 aromatic heterocycles. The van der Waals surface area contributed by atoms with Gasteiger partial charge in [0.2, 0.25) is 82.7 Å². The molecule has 17 atom stereocenters. The van der Waals surface area contributed by atoms with E-state index >= 15 is 4.79 Å². The maximum Gasteiger partial charge on any atom is 0.245 e. The standard InChI is InChI=1S/C72H122N16O18/c1-10-15-48-62(97)77-37(3)61(96)82-51(33-41-20-24-44(92)25-21-41)65(100)81-49(16-11-2)63(98)85-56(38(4)89)68(103)79-47(59(73)95)18-13-30-74-55(94)29-28-50(78-40(6)91)64(99)87-58(72(7,8)9)70(105)84-53(34-42-22-26-45(93)27-23-42)71(106)88-32-14-19-54(88)67(102)86-57(39(5)90)69(104)83-52(66(101)80-48)35-43-36-76-60-46(43)17-12-31-75-60/h37-39,41-54,56-58,60,75-76,89-90,92-93H,10-36H2,1-9H3,(H2,73,95)(H,74,94)(H,77,97)(H,78,91)(H,79,103)(H,80,101)(H,81,100)(H,82,96)(H,83,104)(H,84,105)(H,85,98)(H,86,102)(H,87,99)/t37-,38+,39+,41?,42?,43?,44?,45?,46?,47-,48-,49-,50-,51-,52-,53-,54-,56-,57-,58+,60?/m0/s1. The summed E-state index contributed by atoms with van der Waals surface area (Å²) in [4.78, 5) is 200. The van der Waals surface area contributed by atoms with Crippen molar-refractivity contribution in [1.82, 2.24) is 79.3 Å². The van der Waals surface area contributed by atoms with Gasteiger partial charge < -0.3 is 105 Å². The van der Waals surface area contributed by atoms with Crippen LogP contribution in [0.2, 0.25) is 0 Å². The second-order valence-corrected chi connectivity index (χ2v) is 31.3. The van der Waals surface area contributed by atoms with E-state index in [9.17, 15) is 82.8 Å². The minimum atomic E-state index is -1.71. The van der Waals surface area contributed by atoms with Gasteiger partial charge in [0, 0.05) is 26.4 Å². The fourth-order valence-electron chi connectivity index (χ4n) is 15.3. The van der Waals surface area contributed by atoms with Gasteiger partial charge in [-0.3, -0.25) is 67.1 Å². The number of aliphatic hydroxyl groups is 4. The summed E-state index contributed by atoms with van der Waals surface area (Å²) in [7, 11) is 0. The number of hydrogen-bond donors (Lipinski definition) is 19. The first-order valence-corrected chi connectivity index (χ1v) is 38.4. The SMILES string of the molecule is CCC[C@@H]1NC(=O)[C@H](CC2CNC3NCCCC23)NC(=O)[C@H]([C@@H](C)O)NC(=O)[C@@H]2CCCN2C(=O)[C@H](CC2CCC(O)CC2)NC(=O)[C@H](C(C)(C)C)NC(=O)[C@@H](NC(C)=O)CCC(=O)NCCC[C@@H](C(N)=O)NC(=O)[C@H]([C@@H](C)O)NC(=O)[C@H](CCC)NC(=O)[C@H](CC2CCC(O)CC2)NC(=O)[C@H](C)NC1=O. The number of piperidine rings is 1. The van der Waals surface area contributed by atoms with E-state index in [0.717, 1.165) is 26.3 Å². The van der Waals surface area contributed by atoms with Gasteiger partial charge in [0.15, 0.2) is 0 Å². The number of rotatable bonds is 14. The van der Waals surface area contributed by atoms with Gasteiger partial charge in [0.05, 0.1) is 30.6 Å². The van der Waals surface area contributed by atoms with Crippen molar-refractivity contribution < 1.29 is 87.5 Å².